The molecule has 2 aromatic rings. The molecule has 1 atom stereocenters. The molecule has 0 radical (unpaired) electrons. The highest BCUT2D eigenvalue weighted by molar-refractivity contribution is 7.99. The lowest BCUT2D eigenvalue weighted by molar-refractivity contribution is 0.614. The summed E-state index contributed by atoms with van der Waals surface area (Å²) in [6.07, 6.45) is 1.09. The van der Waals surface area contributed by atoms with Crippen LogP contribution in [-0.4, -0.2) is 10.9 Å². The quantitative estimate of drug-likeness (QED) is 0.736. The van der Waals surface area contributed by atoms with Gasteiger partial charge in [-0.1, -0.05) is 44.2 Å². The van der Waals surface area contributed by atoms with Crippen molar-refractivity contribution in [2.24, 2.45) is 0 Å². The van der Waals surface area contributed by atoms with Gasteiger partial charge in [-0.25, -0.2) is 0 Å². The van der Waals surface area contributed by atoms with Crippen LogP contribution in [0.5, 0.6) is 0 Å². The van der Waals surface area contributed by atoms with Gasteiger partial charge in [-0.15, -0.1) is 11.8 Å². The first kappa shape index (κ1) is 16.3. The maximum absolute atomic E-state index is 5.50. The zero-order chi connectivity index (χ0) is 16.2. The minimum atomic E-state index is 0.294. The molecule has 1 heterocycles. The van der Waals surface area contributed by atoms with E-state index in [1.54, 1.807) is 0 Å². The second kappa shape index (κ2) is 7.37. The van der Waals surface area contributed by atoms with Crippen molar-refractivity contribution >= 4 is 34.8 Å². The Bertz CT molecular complexity index is 680. The van der Waals surface area contributed by atoms with Crippen LogP contribution in [0.3, 0.4) is 0 Å². The largest absolute Gasteiger partial charge is 0.356 e. The Hall–Kier alpha value is -1.52. The zero-order valence-corrected chi connectivity index (χ0v) is 15.1. The van der Waals surface area contributed by atoms with Crippen molar-refractivity contribution in [2.75, 3.05) is 11.1 Å². The topological polar surface area (TPSA) is 24.1 Å². The SMILES string of the molecule is CC(C)c1ccc(NC(=S)N[C@H]2CCSc3ccccc32)cc1. The van der Waals surface area contributed by atoms with Crippen LogP contribution in [0.4, 0.5) is 5.69 Å². The maximum Gasteiger partial charge on any atom is 0.171 e. The maximum atomic E-state index is 5.50. The molecule has 120 valence electrons. The normalized spacial score (nSPS) is 16.7. The van der Waals surface area contributed by atoms with Crippen molar-refractivity contribution in [1.82, 2.24) is 5.32 Å². The van der Waals surface area contributed by atoms with Crippen molar-refractivity contribution in [3.05, 3.63) is 59.7 Å². The molecule has 1 aliphatic rings. The van der Waals surface area contributed by atoms with E-state index in [0.717, 1.165) is 17.9 Å². The Kier molecular flexibility index (Phi) is 5.23. The number of hydrogen-bond donors (Lipinski definition) is 2. The fourth-order valence-electron chi connectivity index (χ4n) is 2.77. The number of hydrogen-bond acceptors (Lipinski definition) is 2. The van der Waals surface area contributed by atoms with Gasteiger partial charge in [0.15, 0.2) is 5.11 Å². The number of anilines is 1. The van der Waals surface area contributed by atoms with Gasteiger partial charge in [0.25, 0.3) is 0 Å². The summed E-state index contributed by atoms with van der Waals surface area (Å²) >= 11 is 7.43. The highest BCUT2D eigenvalue weighted by Crippen LogP contribution is 2.35. The van der Waals surface area contributed by atoms with Crippen molar-refractivity contribution in [1.29, 1.82) is 0 Å². The van der Waals surface area contributed by atoms with Gasteiger partial charge in [0.2, 0.25) is 0 Å². The number of benzene rings is 2. The standard InChI is InChI=1S/C19H22N2S2/c1-13(2)14-7-9-15(10-8-14)20-19(22)21-17-11-12-23-18-6-4-3-5-16(17)18/h3-10,13,17H,11-12H2,1-2H3,(H2,20,21,22)/t17-/m0/s1. The fourth-order valence-corrected chi connectivity index (χ4v) is 4.15. The number of thiocarbonyl (C=S) groups is 1. The Balaban J connectivity index is 1.64. The highest BCUT2D eigenvalue weighted by atomic mass is 32.2. The molecule has 0 spiro atoms. The van der Waals surface area contributed by atoms with Crippen LogP contribution < -0.4 is 10.6 Å². The molecule has 0 aliphatic carbocycles. The first-order valence-electron chi connectivity index (χ1n) is 8.02. The van der Waals surface area contributed by atoms with E-state index >= 15 is 0 Å². The summed E-state index contributed by atoms with van der Waals surface area (Å²) in [6, 6.07) is 17.4. The molecule has 0 aromatic heterocycles. The molecule has 0 unspecified atom stereocenters. The van der Waals surface area contributed by atoms with Gasteiger partial charge in [-0.2, -0.15) is 0 Å². The number of rotatable bonds is 3. The highest BCUT2D eigenvalue weighted by Gasteiger charge is 2.20. The predicted molar refractivity (Wildman–Crippen MR) is 104 cm³/mol. The summed E-state index contributed by atoms with van der Waals surface area (Å²) in [5.41, 5.74) is 3.72. The molecule has 3 rings (SSSR count). The van der Waals surface area contributed by atoms with Crippen LogP contribution in [0.1, 0.15) is 43.4 Å². The van der Waals surface area contributed by atoms with Crippen LogP contribution in [0.15, 0.2) is 53.4 Å². The van der Waals surface area contributed by atoms with Crippen LogP contribution in [-0.2, 0) is 0 Å². The predicted octanol–water partition coefficient (Wildman–Crippen LogP) is 5.33. The third-order valence-corrected chi connectivity index (χ3v) is 5.44. The first-order chi connectivity index (χ1) is 11.1. The third kappa shape index (κ3) is 4.06. The van der Waals surface area contributed by atoms with Crippen molar-refractivity contribution in [3.8, 4) is 0 Å². The van der Waals surface area contributed by atoms with Gasteiger partial charge in [0.05, 0.1) is 6.04 Å². The second-order valence-corrected chi connectivity index (χ2v) is 7.65. The summed E-state index contributed by atoms with van der Waals surface area (Å²) in [7, 11) is 0. The summed E-state index contributed by atoms with van der Waals surface area (Å²) in [5, 5.41) is 7.46. The molecule has 0 saturated carbocycles. The van der Waals surface area contributed by atoms with E-state index in [0.29, 0.717) is 17.1 Å². The monoisotopic (exact) mass is 342 g/mol. The van der Waals surface area contributed by atoms with Gasteiger partial charge in [0, 0.05) is 16.3 Å². The van der Waals surface area contributed by atoms with Crippen molar-refractivity contribution in [2.45, 2.75) is 37.1 Å². The minimum absolute atomic E-state index is 0.294. The molecule has 0 saturated heterocycles. The van der Waals surface area contributed by atoms with E-state index in [2.05, 4.69) is 73.0 Å². The lowest BCUT2D eigenvalue weighted by Crippen LogP contribution is -2.33. The third-order valence-electron chi connectivity index (χ3n) is 4.10. The Morgan fingerprint density at radius 3 is 2.61 bits per heavy atom. The molecule has 0 amide bonds. The Morgan fingerprint density at radius 1 is 1.13 bits per heavy atom. The van der Waals surface area contributed by atoms with Gasteiger partial charge in [-0.3, -0.25) is 0 Å². The van der Waals surface area contributed by atoms with Crippen LogP contribution >= 0.6 is 24.0 Å². The molecule has 0 fully saturated rings. The van der Waals surface area contributed by atoms with E-state index in [1.165, 1.54) is 16.0 Å². The molecular weight excluding hydrogens is 320 g/mol. The summed E-state index contributed by atoms with van der Waals surface area (Å²) in [5.74, 6) is 1.67. The molecular formula is C19H22N2S2. The first-order valence-corrected chi connectivity index (χ1v) is 9.42. The van der Waals surface area contributed by atoms with E-state index in [4.69, 9.17) is 12.2 Å². The van der Waals surface area contributed by atoms with Crippen LogP contribution in [0.2, 0.25) is 0 Å². The Labute approximate surface area is 148 Å². The lowest BCUT2D eigenvalue weighted by atomic mass is 10.0. The van der Waals surface area contributed by atoms with E-state index in [9.17, 15) is 0 Å². The molecule has 4 heteroatoms. The number of nitrogens with one attached hydrogen (secondary N) is 2. The van der Waals surface area contributed by atoms with Gasteiger partial charge < -0.3 is 10.6 Å². The number of thioether (sulfide) groups is 1. The van der Waals surface area contributed by atoms with Crippen molar-refractivity contribution in [3.63, 3.8) is 0 Å². The van der Waals surface area contributed by atoms with E-state index in [-0.39, 0.29) is 0 Å². The molecule has 0 bridgehead atoms. The van der Waals surface area contributed by atoms with Gasteiger partial charge in [0.1, 0.15) is 0 Å². The van der Waals surface area contributed by atoms with Gasteiger partial charge in [-0.05, 0) is 53.9 Å². The average molecular weight is 343 g/mol. The summed E-state index contributed by atoms with van der Waals surface area (Å²) in [6.45, 7) is 4.40. The van der Waals surface area contributed by atoms with Gasteiger partial charge >= 0.3 is 0 Å². The molecule has 23 heavy (non-hydrogen) atoms. The van der Waals surface area contributed by atoms with E-state index in [1.807, 2.05) is 11.8 Å². The fraction of sp³-hybridized carbons (Fsp3) is 0.316. The lowest BCUT2D eigenvalue weighted by Gasteiger charge is -2.27. The second-order valence-electron chi connectivity index (χ2n) is 6.10. The summed E-state index contributed by atoms with van der Waals surface area (Å²) < 4.78 is 0. The zero-order valence-electron chi connectivity index (χ0n) is 13.5. The van der Waals surface area contributed by atoms with Crippen molar-refractivity contribution < 1.29 is 0 Å². The summed E-state index contributed by atoms with van der Waals surface area (Å²) in [4.78, 5) is 1.36. The molecule has 2 N–H and O–H groups in total. The number of fused-ring (bicyclic) bond motifs is 1. The van der Waals surface area contributed by atoms with E-state index < -0.39 is 0 Å². The average Bonchev–Trinajstić information content (AvgIpc) is 2.55. The Morgan fingerprint density at radius 2 is 1.87 bits per heavy atom. The molecule has 2 aromatic carbocycles. The smallest absolute Gasteiger partial charge is 0.171 e. The van der Waals surface area contributed by atoms with Crippen LogP contribution in [0, 0.1) is 0 Å². The molecule has 2 nitrogen and oxygen atoms in total. The van der Waals surface area contributed by atoms with Crippen LogP contribution in [0.25, 0.3) is 0 Å². The molecule has 1 aliphatic heterocycles. The minimum Gasteiger partial charge on any atom is -0.356 e.